The summed E-state index contributed by atoms with van der Waals surface area (Å²) in [5, 5.41) is 3.05. The Balaban J connectivity index is 0.837. The number of amides is 6. The number of hydrogen-bond donors (Lipinski definition) is 2. The van der Waals surface area contributed by atoms with E-state index in [1.807, 2.05) is 55.4 Å². The summed E-state index contributed by atoms with van der Waals surface area (Å²) in [5.41, 5.74) is -1.81. The number of thiophene rings is 2. The Labute approximate surface area is 837 Å². The molecule has 40 heteroatoms. The zero-order valence-electron chi connectivity index (χ0n) is 80.5. The first-order valence-corrected chi connectivity index (χ1v) is 50.0. The van der Waals surface area contributed by atoms with Crippen LogP contribution in [0.25, 0.3) is 43.1 Å². The van der Waals surface area contributed by atoms with Gasteiger partial charge in [0, 0.05) is 153 Å². The molecule has 0 radical (unpaired) electrons. The van der Waals surface area contributed by atoms with Gasteiger partial charge in [-0.3, -0.25) is 58.2 Å². The van der Waals surface area contributed by atoms with Gasteiger partial charge in [-0.05, 0) is 118 Å². The summed E-state index contributed by atoms with van der Waals surface area (Å²) >= 11 is 1.24. The number of halogens is 12. The number of alkyl halides is 12. The average Bonchev–Trinajstić information content (AvgIpc) is 0.903. The number of carbonyl (C=O) groups is 6. The van der Waals surface area contributed by atoms with E-state index in [0.29, 0.717) is 154 Å². The predicted octanol–water partition coefficient (Wildman–Crippen LogP) is 18.4. The molecule has 2 aromatic heterocycles. The summed E-state index contributed by atoms with van der Waals surface area (Å²) in [6, 6.07) is 22.4. The molecule has 10 aliphatic heterocycles. The summed E-state index contributed by atoms with van der Waals surface area (Å²) in [5.74, 6) is -11.7. The number of benzene rings is 9. The van der Waals surface area contributed by atoms with Gasteiger partial charge in [-0.1, -0.05) is 116 Å². The number of nitrogens with one attached hydrogen (secondary N) is 2. The number of epoxide rings is 8. The summed E-state index contributed by atoms with van der Waals surface area (Å²) in [6.45, 7) is 27.7. The normalized spacial score (nSPS) is 21.3. The lowest BCUT2D eigenvalue weighted by molar-refractivity contribution is -0.259. The molecule has 0 bridgehead atoms. The maximum atomic E-state index is 16.9. The van der Waals surface area contributed by atoms with Crippen LogP contribution in [0.3, 0.4) is 0 Å². The van der Waals surface area contributed by atoms with E-state index in [2.05, 4.69) is 19.6 Å². The van der Waals surface area contributed by atoms with Crippen LogP contribution in [0.1, 0.15) is 141 Å². The molecule has 772 valence electrons. The molecule has 0 aliphatic carbocycles. The Morgan fingerprint density at radius 2 is 0.521 bits per heavy atom. The molecule has 0 saturated carbocycles. The summed E-state index contributed by atoms with van der Waals surface area (Å²) in [4.78, 5) is 107. The quantitative estimate of drug-likeness (QED) is 0.0118. The van der Waals surface area contributed by atoms with E-state index >= 15 is 81.5 Å². The molecule has 12 heterocycles. The topological polar surface area (TPSA) is 283 Å². The minimum atomic E-state index is -6.22. The van der Waals surface area contributed by atoms with Crippen molar-refractivity contribution < 1.29 is 138 Å². The number of nitrogens with zero attached hydrogens (tertiary/aromatic N) is 6. The third kappa shape index (κ3) is 21.6. The molecule has 10 atom stereocenters. The lowest BCUT2D eigenvalue weighted by atomic mass is 9.80. The van der Waals surface area contributed by atoms with E-state index in [1.54, 1.807) is 97.1 Å². The summed E-state index contributed by atoms with van der Waals surface area (Å²) in [6.07, 6.45) is -24.9. The van der Waals surface area contributed by atoms with Crippen LogP contribution in [0.2, 0.25) is 0 Å². The van der Waals surface area contributed by atoms with Crippen molar-refractivity contribution in [2.75, 3.05) is 131 Å². The van der Waals surface area contributed by atoms with E-state index in [-0.39, 0.29) is 134 Å². The van der Waals surface area contributed by atoms with Crippen LogP contribution in [-0.4, -0.2) is 282 Å². The summed E-state index contributed by atoms with van der Waals surface area (Å²) in [7, 11) is 0. The second-order valence-corrected chi connectivity index (χ2v) is 44.0. The Kier molecular flexibility index (Phi) is 26.3. The average molecular weight is 2070 g/mol. The Morgan fingerprint density at radius 1 is 0.322 bits per heavy atom. The fourth-order valence-corrected chi connectivity index (χ4v) is 22.3. The molecule has 10 unspecified atom stereocenters. The van der Waals surface area contributed by atoms with E-state index in [9.17, 15) is 0 Å². The molecular weight excluding hydrogens is 1970 g/mol. The molecule has 9 aromatic carbocycles. The van der Waals surface area contributed by atoms with Crippen molar-refractivity contribution in [3.8, 4) is 46.0 Å². The van der Waals surface area contributed by atoms with Crippen LogP contribution in [0.5, 0.6) is 46.0 Å². The molecule has 11 aromatic rings. The summed E-state index contributed by atoms with van der Waals surface area (Å²) < 4.78 is 255. The number of ether oxygens (including phenoxy) is 12. The molecule has 2 N–H and O–H groups in total. The largest absolute Gasteiger partial charge is 0.457 e. The van der Waals surface area contributed by atoms with Crippen molar-refractivity contribution in [3.63, 3.8) is 0 Å². The highest BCUT2D eigenvalue weighted by Gasteiger charge is 2.61. The molecule has 10 aliphatic rings. The zero-order chi connectivity index (χ0) is 103. The Hall–Kier alpha value is -11.2. The molecular formula is C106H104F12N8O18S2. The van der Waals surface area contributed by atoms with Gasteiger partial charge in [0.15, 0.2) is 12.1 Å². The van der Waals surface area contributed by atoms with Crippen molar-refractivity contribution >= 4 is 101 Å². The fourth-order valence-electron chi connectivity index (χ4n) is 20.6. The van der Waals surface area contributed by atoms with E-state index in [0.717, 1.165) is 69.3 Å². The van der Waals surface area contributed by atoms with Crippen molar-refractivity contribution in [2.45, 2.75) is 175 Å². The highest BCUT2D eigenvalue weighted by atomic mass is 32.1. The van der Waals surface area contributed by atoms with Gasteiger partial charge in [0.1, 0.15) is 46.0 Å². The van der Waals surface area contributed by atoms with E-state index < -0.39 is 151 Å². The van der Waals surface area contributed by atoms with E-state index in [4.69, 9.17) is 56.8 Å². The molecule has 146 heavy (non-hydrogen) atoms. The van der Waals surface area contributed by atoms with Crippen LogP contribution in [0, 0.1) is 0 Å². The maximum absolute atomic E-state index is 16.9. The zero-order valence-corrected chi connectivity index (χ0v) is 82.1. The second-order valence-electron chi connectivity index (χ2n) is 42.0. The Bertz CT molecular complexity index is 6020. The minimum Gasteiger partial charge on any atom is -0.457 e. The van der Waals surface area contributed by atoms with Gasteiger partial charge in [-0.25, -0.2) is 0 Å². The predicted molar refractivity (Wildman–Crippen MR) is 513 cm³/mol. The van der Waals surface area contributed by atoms with Gasteiger partial charge in [0.25, 0.3) is 23.6 Å². The Morgan fingerprint density at radius 3 is 0.692 bits per heavy atom. The van der Waals surface area contributed by atoms with Crippen molar-refractivity contribution in [1.29, 1.82) is 0 Å². The highest BCUT2D eigenvalue weighted by Crippen LogP contribution is 2.60. The number of hydrogen-bond acceptors (Lipinski definition) is 24. The van der Waals surface area contributed by atoms with Crippen molar-refractivity contribution in [3.05, 3.63) is 211 Å². The number of carbonyl (C=O) groups excluding carboxylic acids is 6. The first kappa shape index (κ1) is 101. The highest BCUT2D eigenvalue weighted by molar-refractivity contribution is 7.10. The SMILES string of the molecule is CC(C)(CN(CC1CO1)CC1CO1)c1ccc(Oc2cc3c4c(cc(Oc5ccc(C(C)(C)CN(CC6CO6)CC6CO6)cc5)c5c6c(Oc7ccc(C(C)(C)CN(CC8CO8)CC8CO8)cc7)cc7c8c(cc(Oc9ccc(C(C)(C)CN(CC%10CO%10)CC%10CO%10)cc9)c(c2c45)c86)C(=O)N(C(C(=O)NC(C(F)(F)F)C(F)(F)F)c2cccs2)C7=O)C(=O)N(C(C(=O)NC(C(F)(F)F)C(F)(F)F)c2cccs2)C3=O)cc1. The van der Waals surface area contributed by atoms with Crippen LogP contribution in [-0.2, 0) is 69.1 Å². The minimum absolute atomic E-state index is 0.00130. The maximum Gasteiger partial charge on any atom is 0.417 e. The van der Waals surface area contributed by atoms with Gasteiger partial charge in [-0.15, -0.1) is 22.7 Å². The third-order valence-electron chi connectivity index (χ3n) is 28.3. The monoisotopic (exact) mass is 2070 g/mol. The van der Waals surface area contributed by atoms with Crippen LogP contribution < -0.4 is 29.6 Å². The van der Waals surface area contributed by atoms with Crippen molar-refractivity contribution in [1.82, 2.24) is 40.0 Å². The van der Waals surface area contributed by atoms with Crippen LogP contribution >= 0.6 is 22.7 Å². The first-order chi connectivity index (χ1) is 69.2. The first-order valence-electron chi connectivity index (χ1n) is 48.2. The van der Waals surface area contributed by atoms with Crippen LogP contribution in [0.4, 0.5) is 52.7 Å². The fraction of sp³-hybridized carbons (Fsp3) is 0.453. The van der Waals surface area contributed by atoms with E-state index in [1.165, 1.54) is 22.9 Å². The van der Waals surface area contributed by atoms with Gasteiger partial charge in [-0.2, -0.15) is 52.7 Å². The van der Waals surface area contributed by atoms with Crippen LogP contribution in [0.15, 0.2) is 156 Å². The number of rotatable bonds is 44. The lowest BCUT2D eigenvalue weighted by Gasteiger charge is -2.36. The van der Waals surface area contributed by atoms with Crippen molar-refractivity contribution in [2.24, 2.45) is 0 Å². The van der Waals surface area contributed by atoms with Gasteiger partial charge >= 0.3 is 24.7 Å². The molecule has 8 saturated heterocycles. The second kappa shape index (κ2) is 38.1. The molecule has 21 rings (SSSR count). The van der Waals surface area contributed by atoms with Gasteiger partial charge < -0.3 is 67.5 Å². The smallest absolute Gasteiger partial charge is 0.417 e. The molecule has 8 fully saturated rings. The number of imide groups is 2. The number of fused-ring (bicyclic) bond motifs is 2. The molecule has 0 spiro atoms. The standard InChI is InChI=1S/C106H104F12N8O18S2/c1-99(2,51-121(35-63-43-133-63)36-64-44-134-64)55-13-21-59(22-14-55)141-75-31-71-81-72(94(130)125(93(71)129)89(79-11-9-29-145-79)91(127)119-97(103(107,108)109)104(110,111)112)33-77(143-61-25-17-57(18-26-61)101(5,6)53-123(39-67-47-137-67)40-68-48-138-68)85-86-78(144-62-27-19-58(20-28-62)102(7,8)54-124(41-69-49-139-69)42-70-50-140-70)34-74-82-73(95(131)126(96(74)132)90(80-12-10-30-146-80)92(128)120-98(105(113,114)115)106(116,117)118)32-76(84(88(82)86)83(75)87(81)85)142-60-23-15-56(16-24-60)100(3,4)52-122(37-65-45-135-65)38-66-46-136-66/h9-34,63-70,89-90,97-98H,35-54H2,1-8H3,(H,119,127)(H,120,128). The third-order valence-corrected chi connectivity index (χ3v) is 30.2. The molecule has 26 nitrogen and oxygen atoms in total. The van der Waals surface area contributed by atoms with Gasteiger partial charge in [0.2, 0.25) is 23.9 Å². The van der Waals surface area contributed by atoms with Gasteiger partial charge in [0.05, 0.1) is 124 Å². The molecule has 6 amide bonds. The lowest BCUT2D eigenvalue weighted by Crippen LogP contribution is -2.58.